The van der Waals surface area contributed by atoms with Gasteiger partial charge in [0.1, 0.15) is 0 Å². The van der Waals surface area contributed by atoms with Crippen molar-refractivity contribution in [2.75, 3.05) is 12.3 Å². The second kappa shape index (κ2) is 9.67. The first-order chi connectivity index (χ1) is 4.81. The maximum Gasteiger partial charge on any atom is 0.154 e. The van der Waals surface area contributed by atoms with Crippen LogP contribution in [0.15, 0.2) is 4.99 Å². The number of halogens is 1. The fourth-order valence-corrected chi connectivity index (χ4v) is 0.968. The molecule has 0 heterocycles. The number of hydrogen-bond donors (Lipinski definition) is 1. The van der Waals surface area contributed by atoms with E-state index >= 15 is 0 Å². The average Bonchev–Trinajstić information content (AvgIpc) is 1.89. The minimum atomic E-state index is 0. The molecular weight excluding hydrogens is 180 g/mol. The molecule has 0 aromatic carbocycles. The van der Waals surface area contributed by atoms with Crippen LogP contribution in [0.1, 0.15) is 13.8 Å². The van der Waals surface area contributed by atoms with E-state index in [1.807, 2.05) is 13.8 Å². The van der Waals surface area contributed by atoms with Crippen LogP contribution in [0, 0.1) is 11.8 Å². The van der Waals surface area contributed by atoms with Crippen LogP contribution < -0.4 is 5.73 Å². The lowest BCUT2D eigenvalue weighted by Crippen LogP contribution is -2.07. The first kappa shape index (κ1) is 13.3. The molecule has 2 N–H and O–H groups in total. The molecule has 0 fully saturated rings. The van der Waals surface area contributed by atoms with Crippen LogP contribution in [0.2, 0.25) is 0 Å². The molecule has 11 heavy (non-hydrogen) atoms. The summed E-state index contributed by atoms with van der Waals surface area (Å²) < 4.78 is 0. The standard InChI is InChI=1S/C7H12N2S.ClH/c1-3-5-6-10-7(8)9-4-2;/h4,6H2,1-2H3,(H2,8,9);1H. The normalized spacial score (nSPS) is 9.45. The van der Waals surface area contributed by atoms with Gasteiger partial charge in [-0.1, -0.05) is 17.7 Å². The molecule has 0 aromatic rings. The van der Waals surface area contributed by atoms with E-state index < -0.39 is 0 Å². The van der Waals surface area contributed by atoms with Gasteiger partial charge in [0.2, 0.25) is 0 Å². The number of hydrogen-bond acceptors (Lipinski definition) is 2. The zero-order valence-electron chi connectivity index (χ0n) is 6.76. The molecule has 64 valence electrons. The van der Waals surface area contributed by atoms with Gasteiger partial charge in [-0.2, -0.15) is 0 Å². The van der Waals surface area contributed by atoms with Gasteiger partial charge in [0.15, 0.2) is 5.17 Å². The van der Waals surface area contributed by atoms with Gasteiger partial charge >= 0.3 is 0 Å². The lowest BCUT2D eigenvalue weighted by atomic mass is 10.7. The Morgan fingerprint density at radius 3 is 2.73 bits per heavy atom. The van der Waals surface area contributed by atoms with Crippen LogP contribution in [0.3, 0.4) is 0 Å². The van der Waals surface area contributed by atoms with Crippen LogP contribution >= 0.6 is 24.2 Å². The quantitative estimate of drug-likeness (QED) is 0.409. The molecule has 0 amide bonds. The van der Waals surface area contributed by atoms with Crippen molar-refractivity contribution in [2.45, 2.75) is 13.8 Å². The molecule has 0 rings (SSSR count). The van der Waals surface area contributed by atoms with Crippen molar-refractivity contribution in [3.05, 3.63) is 0 Å². The molecule has 0 aromatic heterocycles. The molecule has 0 aliphatic carbocycles. The Hall–Kier alpha value is -0.330. The van der Waals surface area contributed by atoms with Crippen molar-refractivity contribution in [1.82, 2.24) is 0 Å². The Bertz CT molecular complexity index is 169. The van der Waals surface area contributed by atoms with Gasteiger partial charge in [0, 0.05) is 6.54 Å². The summed E-state index contributed by atoms with van der Waals surface area (Å²) in [6.07, 6.45) is 0. The highest BCUT2D eigenvalue weighted by atomic mass is 35.5. The largest absolute Gasteiger partial charge is 0.379 e. The summed E-state index contributed by atoms with van der Waals surface area (Å²) in [5.41, 5.74) is 5.47. The Morgan fingerprint density at radius 2 is 2.27 bits per heavy atom. The molecule has 0 spiro atoms. The number of aliphatic imine (C=N–C) groups is 1. The van der Waals surface area contributed by atoms with E-state index in [0.717, 1.165) is 12.3 Å². The predicted molar refractivity (Wildman–Crippen MR) is 55.3 cm³/mol. The highest BCUT2D eigenvalue weighted by Gasteiger charge is 1.87. The molecule has 0 bridgehead atoms. The van der Waals surface area contributed by atoms with Crippen molar-refractivity contribution in [3.8, 4) is 11.8 Å². The molecule has 4 heteroatoms. The average molecular weight is 193 g/mol. The lowest BCUT2D eigenvalue weighted by Gasteiger charge is -1.92. The SMILES string of the molecule is CC#CCSC(N)=NCC.Cl. The summed E-state index contributed by atoms with van der Waals surface area (Å²) in [5, 5.41) is 0.630. The molecule has 0 saturated carbocycles. The van der Waals surface area contributed by atoms with E-state index in [1.165, 1.54) is 11.8 Å². The van der Waals surface area contributed by atoms with E-state index in [9.17, 15) is 0 Å². The third-order valence-corrected chi connectivity index (χ3v) is 1.50. The third-order valence-electron chi connectivity index (χ3n) is 0.783. The molecule has 0 aliphatic heterocycles. The van der Waals surface area contributed by atoms with Gasteiger partial charge in [-0.05, 0) is 13.8 Å². The molecule has 0 atom stereocenters. The van der Waals surface area contributed by atoms with Crippen molar-refractivity contribution in [1.29, 1.82) is 0 Å². The van der Waals surface area contributed by atoms with Crippen molar-refractivity contribution >= 4 is 29.3 Å². The first-order valence-electron chi connectivity index (χ1n) is 3.13. The van der Waals surface area contributed by atoms with E-state index in [0.29, 0.717) is 5.17 Å². The maximum atomic E-state index is 5.47. The Kier molecular flexibility index (Phi) is 11.7. The maximum absolute atomic E-state index is 5.47. The van der Waals surface area contributed by atoms with E-state index in [-0.39, 0.29) is 12.4 Å². The Balaban J connectivity index is 0. The van der Waals surface area contributed by atoms with Crippen molar-refractivity contribution in [2.24, 2.45) is 10.7 Å². The highest BCUT2D eigenvalue weighted by molar-refractivity contribution is 8.13. The Morgan fingerprint density at radius 1 is 1.64 bits per heavy atom. The fraction of sp³-hybridized carbons (Fsp3) is 0.571. The van der Waals surface area contributed by atoms with Crippen LogP contribution in [-0.4, -0.2) is 17.5 Å². The van der Waals surface area contributed by atoms with E-state index in [1.54, 1.807) is 0 Å². The number of thioether (sulfide) groups is 1. The number of nitrogens with two attached hydrogens (primary N) is 1. The smallest absolute Gasteiger partial charge is 0.154 e. The van der Waals surface area contributed by atoms with Crippen molar-refractivity contribution in [3.63, 3.8) is 0 Å². The minimum absolute atomic E-state index is 0. The predicted octanol–water partition coefficient (Wildman–Crippen LogP) is 1.50. The van der Waals surface area contributed by atoms with Crippen molar-refractivity contribution < 1.29 is 0 Å². The van der Waals surface area contributed by atoms with Gasteiger partial charge in [-0.15, -0.1) is 18.3 Å². The summed E-state index contributed by atoms with van der Waals surface area (Å²) in [6, 6.07) is 0. The summed E-state index contributed by atoms with van der Waals surface area (Å²) in [7, 11) is 0. The number of nitrogens with zero attached hydrogens (tertiary/aromatic N) is 1. The zero-order chi connectivity index (χ0) is 7.82. The monoisotopic (exact) mass is 192 g/mol. The van der Waals surface area contributed by atoms with Gasteiger partial charge in [0.25, 0.3) is 0 Å². The lowest BCUT2D eigenvalue weighted by molar-refractivity contribution is 1.13. The van der Waals surface area contributed by atoms with Crippen LogP contribution in [0.25, 0.3) is 0 Å². The summed E-state index contributed by atoms with van der Waals surface area (Å²) >= 11 is 1.48. The topological polar surface area (TPSA) is 38.4 Å². The second-order valence-electron chi connectivity index (χ2n) is 1.53. The van der Waals surface area contributed by atoms with Crippen LogP contribution in [-0.2, 0) is 0 Å². The molecule has 2 nitrogen and oxygen atoms in total. The second-order valence-corrected chi connectivity index (χ2v) is 2.52. The molecule has 0 aliphatic rings. The van der Waals surface area contributed by atoms with Gasteiger partial charge < -0.3 is 5.73 Å². The first-order valence-corrected chi connectivity index (χ1v) is 4.12. The molecule has 0 saturated heterocycles. The Labute approximate surface area is 78.4 Å². The van der Waals surface area contributed by atoms with Crippen LogP contribution in [0.4, 0.5) is 0 Å². The van der Waals surface area contributed by atoms with E-state index in [4.69, 9.17) is 5.73 Å². The van der Waals surface area contributed by atoms with E-state index in [2.05, 4.69) is 16.8 Å². The fourth-order valence-electron chi connectivity index (χ4n) is 0.384. The third kappa shape index (κ3) is 9.67. The number of amidine groups is 1. The zero-order valence-corrected chi connectivity index (χ0v) is 8.39. The molecule has 0 unspecified atom stereocenters. The van der Waals surface area contributed by atoms with Crippen LogP contribution in [0.5, 0.6) is 0 Å². The minimum Gasteiger partial charge on any atom is -0.379 e. The summed E-state index contributed by atoms with van der Waals surface area (Å²) in [6.45, 7) is 4.52. The van der Waals surface area contributed by atoms with Gasteiger partial charge in [-0.25, -0.2) is 0 Å². The number of rotatable bonds is 2. The molecular formula is C7H13ClN2S. The highest BCUT2D eigenvalue weighted by Crippen LogP contribution is 1.96. The summed E-state index contributed by atoms with van der Waals surface area (Å²) in [5.74, 6) is 6.42. The summed E-state index contributed by atoms with van der Waals surface area (Å²) in [4.78, 5) is 3.99. The van der Waals surface area contributed by atoms with Gasteiger partial charge in [0.05, 0.1) is 5.75 Å². The van der Waals surface area contributed by atoms with Gasteiger partial charge in [-0.3, -0.25) is 4.99 Å². The molecule has 0 radical (unpaired) electrons.